The van der Waals surface area contributed by atoms with Gasteiger partial charge in [0.25, 0.3) is 0 Å². The predicted octanol–water partition coefficient (Wildman–Crippen LogP) is 3.43. The Bertz CT molecular complexity index is 1150. The van der Waals surface area contributed by atoms with E-state index in [-0.39, 0.29) is 0 Å². The minimum absolute atomic E-state index is 0.653. The van der Waals surface area contributed by atoms with E-state index in [1.54, 1.807) is 4.52 Å². The summed E-state index contributed by atoms with van der Waals surface area (Å²) in [5.41, 5.74) is 6.72. The standard InChI is InChI=1S/C20H13N5/c21-12-13-6-7-14-8-9-16-11-18-22-23-20(15-4-2-1-3-5-15)25(18)24-19(16)17(14)10-13/h1-7,10-11H,8-9H2. The lowest BCUT2D eigenvalue weighted by Crippen LogP contribution is -2.09. The van der Waals surface area contributed by atoms with E-state index >= 15 is 0 Å². The molecule has 0 amide bonds. The largest absolute Gasteiger partial charge is 0.192 e. The summed E-state index contributed by atoms with van der Waals surface area (Å²) in [6.07, 6.45) is 1.87. The second-order valence-electron chi connectivity index (χ2n) is 6.16. The molecule has 0 N–H and O–H groups in total. The van der Waals surface area contributed by atoms with Crippen molar-refractivity contribution in [3.8, 4) is 28.7 Å². The van der Waals surface area contributed by atoms with Crippen LogP contribution in [-0.2, 0) is 12.8 Å². The van der Waals surface area contributed by atoms with E-state index in [4.69, 9.17) is 5.10 Å². The summed E-state index contributed by atoms with van der Waals surface area (Å²) in [6.45, 7) is 0. The molecule has 0 aliphatic heterocycles. The quantitative estimate of drug-likeness (QED) is 0.538. The van der Waals surface area contributed by atoms with Crippen molar-refractivity contribution in [1.29, 1.82) is 5.26 Å². The van der Waals surface area contributed by atoms with Gasteiger partial charge in [-0.25, -0.2) is 0 Å². The molecule has 2 aromatic heterocycles. The molecule has 2 heterocycles. The highest BCUT2D eigenvalue weighted by molar-refractivity contribution is 5.73. The fourth-order valence-electron chi connectivity index (χ4n) is 3.41. The molecule has 1 aliphatic carbocycles. The number of fused-ring (bicyclic) bond motifs is 4. The summed E-state index contributed by atoms with van der Waals surface area (Å²) in [4.78, 5) is 0. The molecule has 0 atom stereocenters. The SMILES string of the molecule is N#Cc1ccc2c(c1)-c1nn3c(-c4ccccc4)nnc3cc1CC2. The molecule has 1 aliphatic rings. The minimum atomic E-state index is 0.653. The average molecular weight is 323 g/mol. The topological polar surface area (TPSA) is 66.9 Å². The number of hydrogen-bond acceptors (Lipinski definition) is 4. The molecule has 0 bridgehead atoms. The Morgan fingerprint density at radius 3 is 2.60 bits per heavy atom. The molecule has 0 spiro atoms. The Morgan fingerprint density at radius 1 is 0.920 bits per heavy atom. The van der Waals surface area contributed by atoms with E-state index in [9.17, 15) is 5.26 Å². The highest BCUT2D eigenvalue weighted by atomic mass is 15.4. The molecule has 5 heteroatoms. The van der Waals surface area contributed by atoms with Gasteiger partial charge in [-0.3, -0.25) is 0 Å². The predicted molar refractivity (Wildman–Crippen MR) is 93.8 cm³/mol. The molecule has 0 fully saturated rings. The van der Waals surface area contributed by atoms with E-state index in [1.165, 1.54) is 5.56 Å². The lowest BCUT2D eigenvalue weighted by Gasteiger charge is -2.19. The van der Waals surface area contributed by atoms with Gasteiger partial charge in [0.15, 0.2) is 11.5 Å². The van der Waals surface area contributed by atoms with Crippen LogP contribution in [0.3, 0.4) is 0 Å². The first-order chi connectivity index (χ1) is 12.3. The number of aryl methyl sites for hydroxylation is 2. The first-order valence-electron chi connectivity index (χ1n) is 8.17. The lowest BCUT2D eigenvalue weighted by molar-refractivity contribution is 0.871. The van der Waals surface area contributed by atoms with Crippen molar-refractivity contribution in [2.75, 3.05) is 0 Å². The summed E-state index contributed by atoms with van der Waals surface area (Å²) in [5.74, 6) is 0.724. The first kappa shape index (κ1) is 13.9. The highest BCUT2D eigenvalue weighted by Crippen LogP contribution is 2.33. The van der Waals surface area contributed by atoms with E-state index in [2.05, 4.69) is 22.3 Å². The van der Waals surface area contributed by atoms with Crippen molar-refractivity contribution < 1.29 is 0 Å². The summed E-state index contributed by atoms with van der Waals surface area (Å²) in [6, 6.07) is 20.0. The molecule has 118 valence electrons. The van der Waals surface area contributed by atoms with Crippen molar-refractivity contribution in [3.05, 3.63) is 71.3 Å². The van der Waals surface area contributed by atoms with Crippen LogP contribution in [0, 0.1) is 11.3 Å². The Morgan fingerprint density at radius 2 is 1.76 bits per heavy atom. The number of benzene rings is 2. The lowest BCUT2D eigenvalue weighted by atomic mass is 9.88. The van der Waals surface area contributed by atoms with Crippen molar-refractivity contribution >= 4 is 5.65 Å². The Kier molecular flexibility index (Phi) is 2.91. The number of nitriles is 1. The fraction of sp³-hybridized carbons (Fsp3) is 0.100. The van der Waals surface area contributed by atoms with Crippen LogP contribution in [0.2, 0.25) is 0 Å². The molecule has 4 aromatic rings. The van der Waals surface area contributed by atoms with Gasteiger partial charge in [0.1, 0.15) is 0 Å². The van der Waals surface area contributed by atoms with Crippen LogP contribution in [0.5, 0.6) is 0 Å². The second-order valence-corrected chi connectivity index (χ2v) is 6.16. The zero-order chi connectivity index (χ0) is 16.8. The van der Waals surface area contributed by atoms with Gasteiger partial charge in [0, 0.05) is 11.1 Å². The monoisotopic (exact) mass is 323 g/mol. The zero-order valence-electron chi connectivity index (χ0n) is 13.3. The Hall–Kier alpha value is -3.52. The van der Waals surface area contributed by atoms with Crippen LogP contribution < -0.4 is 0 Å². The molecule has 0 saturated heterocycles. The number of rotatable bonds is 1. The van der Waals surface area contributed by atoms with Gasteiger partial charge in [-0.1, -0.05) is 36.4 Å². The van der Waals surface area contributed by atoms with E-state index < -0.39 is 0 Å². The van der Waals surface area contributed by atoms with E-state index in [0.717, 1.165) is 46.7 Å². The van der Waals surface area contributed by atoms with Gasteiger partial charge >= 0.3 is 0 Å². The van der Waals surface area contributed by atoms with Gasteiger partial charge in [-0.05, 0) is 42.2 Å². The highest BCUT2D eigenvalue weighted by Gasteiger charge is 2.21. The molecule has 5 rings (SSSR count). The number of aromatic nitrogens is 4. The van der Waals surface area contributed by atoms with Gasteiger partial charge in [0.2, 0.25) is 0 Å². The molecule has 5 nitrogen and oxygen atoms in total. The molecule has 2 aromatic carbocycles. The molecule has 0 saturated carbocycles. The third-order valence-corrected chi connectivity index (χ3v) is 4.66. The van der Waals surface area contributed by atoms with Crippen LogP contribution >= 0.6 is 0 Å². The van der Waals surface area contributed by atoms with Crippen molar-refractivity contribution in [1.82, 2.24) is 19.8 Å². The smallest absolute Gasteiger partial charge is 0.185 e. The van der Waals surface area contributed by atoms with Gasteiger partial charge in [-0.15, -0.1) is 10.2 Å². The molecular weight excluding hydrogens is 310 g/mol. The van der Waals surface area contributed by atoms with Crippen LogP contribution in [0.4, 0.5) is 0 Å². The van der Waals surface area contributed by atoms with Crippen LogP contribution in [-0.4, -0.2) is 19.8 Å². The maximum absolute atomic E-state index is 9.22. The zero-order valence-corrected chi connectivity index (χ0v) is 13.3. The van der Waals surface area contributed by atoms with Crippen molar-refractivity contribution in [2.45, 2.75) is 12.8 Å². The van der Waals surface area contributed by atoms with Crippen LogP contribution in [0.25, 0.3) is 28.3 Å². The van der Waals surface area contributed by atoms with E-state index in [1.807, 2.05) is 48.5 Å². The van der Waals surface area contributed by atoms with Crippen molar-refractivity contribution in [3.63, 3.8) is 0 Å². The normalized spacial score (nSPS) is 12.4. The Balaban J connectivity index is 1.77. The van der Waals surface area contributed by atoms with Crippen molar-refractivity contribution in [2.24, 2.45) is 0 Å². The fourth-order valence-corrected chi connectivity index (χ4v) is 3.41. The summed E-state index contributed by atoms with van der Waals surface area (Å²) in [7, 11) is 0. The summed E-state index contributed by atoms with van der Waals surface area (Å²) in [5, 5.41) is 22.7. The molecule has 0 unspecified atom stereocenters. The maximum Gasteiger partial charge on any atom is 0.185 e. The minimum Gasteiger partial charge on any atom is -0.192 e. The average Bonchev–Trinajstić information content (AvgIpc) is 3.09. The third kappa shape index (κ3) is 2.12. The number of nitrogens with zero attached hydrogens (tertiary/aromatic N) is 5. The summed E-state index contributed by atoms with van der Waals surface area (Å²) < 4.78 is 1.79. The number of hydrogen-bond donors (Lipinski definition) is 0. The van der Waals surface area contributed by atoms with Crippen LogP contribution in [0.15, 0.2) is 54.6 Å². The van der Waals surface area contributed by atoms with Gasteiger partial charge in [0.05, 0.1) is 17.3 Å². The van der Waals surface area contributed by atoms with Gasteiger partial charge in [-0.2, -0.15) is 14.9 Å². The molecule has 25 heavy (non-hydrogen) atoms. The Labute approximate surface area is 144 Å². The molecule has 0 radical (unpaired) electrons. The summed E-state index contributed by atoms with van der Waals surface area (Å²) >= 11 is 0. The first-order valence-corrected chi connectivity index (χ1v) is 8.17. The maximum atomic E-state index is 9.22. The van der Waals surface area contributed by atoms with Crippen LogP contribution in [0.1, 0.15) is 16.7 Å². The third-order valence-electron chi connectivity index (χ3n) is 4.66. The van der Waals surface area contributed by atoms with Gasteiger partial charge < -0.3 is 0 Å². The molecular formula is C20H13N5. The van der Waals surface area contributed by atoms with E-state index in [0.29, 0.717) is 5.56 Å². The second kappa shape index (κ2) is 5.25.